The van der Waals surface area contributed by atoms with Crippen LogP contribution in [-0.2, 0) is 4.74 Å². The van der Waals surface area contributed by atoms with Crippen LogP contribution >= 0.6 is 0 Å². The number of hydrogen-bond donors (Lipinski definition) is 2. The van der Waals surface area contributed by atoms with E-state index in [0.29, 0.717) is 18.6 Å². The monoisotopic (exact) mass is 229 g/mol. The first-order valence-corrected chi connectivity index (χ1v) is 6.63. The summed E-state index contributed by atoms with van der Waals surface area (Å²) < 4.78 is 5.37. The van der Waals surface area contributed by atoms with Crippen LogP contribution in [0.3, 0.4) is 0 Å². The summed E-state index contributed by atoms with van der Waals surface area (Å²) in [7, 11) is 0. The zero-order valence-corrected chi connectivity index (χ0v) is 10.8. The van der Waals surface area contributed by atoms with E-state index >= 15 is 0 Å². The Morgan fingerprint density at radius 3 is 2.75 bits per heavy atom. The topological polar surface area (TPSA) is 41.5 Å². The van der Waals surface area contributed by atoms with Gasteiger partial charge in [0.1, 0.15) is 0 Å². The predicted octanol–water partition coefficient (Wildman–Crippen LogP) is 1.94. The van der Waals surface area contributed by atoms with Gasteiger partial charge in [0.15, 0.2) is 0 Å². The second kappa shape index (κ2) is 7.25. The van der Waals surface area contributed by atoms with Crippen LogP contribution in [0.25, 0.3) is 0 Å². The van der Waals surface area contributed by atoms with Crippen LogP contribution in [0.2, 0.25) is 0 Å². The van der Waals surface area contributed by atoms with Gasteiger partial charge in [-0.15, -0.1) is 0 Å². The van der Waals surface area contributed by atoms with Gasteiger partial charge in [-0.1, -0.05) is 26.7 Å². The van der Waals surface area contributed by atoms with E-state index < -0.39 is 0 Å². The van der Waals surface area contributed by atoms with Crippen molar-refractivity contribution in [1.29, 1.82) is 0 Å². The lowest BCUT2D eigenvalue weighted by Gasteiger charge is -2.38. The summed E-state index contributed by atoms with van der Waals surface area (Å²) in [6, 6.07) is 0. The number of aliphatic hydroxyl groups is 1. The van der Waals surface area contributed by atoms with E-state index in [0.717, 1.165) is 26.0 Å². The highest BCUT2D eigenvalue weighted by Crippen LogP contribution is 2.39. The molecule has 1 fully saturated rings. The van der Waals surface area contributed by atoms with Crippen molar-refractivity contribution in [2.24, 2.45) is 5.41 Å². The normalized spacial score (nSPS) is 20.4. The van der Waals surface area contributed by atoms with Gasteiger partial charge in [0.05, 0.1) is 12.7 Å². The Balaban J connectivity index is 1.91. The first-order valence-electron chi connectivity index (χ1n) is 6.63. The van der Waals surface area contributed by atoms with Crippen LogP contribution in [-0.4, -0.2) is 37.5 Å². The van der Waals surface area contributed by atoms with Crippen LogP contribution in [0.1, 0.15) is 46.0 Å². The largest absolute Gasteiger partial charge is 0.389 e. The maximum atomic E-state index is 9.65. The molecule has 1 aliphatic rings. The number of hydrogen-bond acceptors (Lipinski definition) is 3. The number of aliphatic hydroxyl groups excluding tert-OH is 1. The van der Waals surface area contributed by atoms with E-state index in [-0.39, 0.29) is 6.10 Å². The lowest BCUT2D eigenvalue weighted by Crippen LogP contribution is -2.41. The number of nitrogens with one attached hydrogen (secondary N) is 1. The van der Waals surface area contributed by atoms with Crippen molar-refractivity contribution in [2.75, 3.05) is 26.3 Å². The molecule has 3 nitrogen and oxygen atoms in total. The molecule has 0 amide bonds. The number of ether oxygens (including phenoxy) is 1. The fourth-order valence-corrected chi connectivity index (χ4v) is 2.02. The maximum Gasteiger partial charge on any atom is 0.0897 e. The van der Waals surface area contributed by atoms with Gasteiger partial charge in [0, 0.05) is 19.7 Å². The molecule has 0 aliphatic heterocycles. The summed E-state index contributed by atoms with van der Waals surface area (Å²) in [5.41, 5.74) is 0.489. The molecule has 1 unspecified atom stereocenters. The van der Waals surface area contributed by atoms with Gasteiger partial charge < -0.3 is 15.2 Å². The molecule has 0 radical (unpaired) electrons. The lowest BCUT2D eigenvalue weighted by molar-refractivity contribution is 0.0329. The van der Waals surface area contributed by atoms with Crippen molar-refractivity contribution in [3.8, 4) is 0 Å². The molecule has 1 atom stereocenters. The zero-order chi connectivity index (χ0) is 11.9. The van der Waals surface area contributed by atoms with Gasteiger partial charge in [-0.25, -0.2) is 0 Å². The molecule has 0 aromatic rings. The van der Waals surface area contributed by atoms with E-state index in [4.69, 9.17) is 4.74 Å². The molecule has 2 N–H and O–H groups in total. The Kier molecular flexibility index (Phi) is 6.32. The summed E-state index contributed by atoms with van der Waals surface area (Å²) >= 11 is 0. The molecule has 0 bridgehead atoms. The van der Waals surface area contributed by atoms with Crippen molar-refractivity contribution in [2.45, 2.75) is 52.1 Å². The van der Waals surface area contributed by atoms with Crippen LogP contribution in [0.15, 0.2) is 0 Å². The second-order valence-electron chi connectivity index (χ2n) is 5.38. The quantitative estimate of drug-likeness (QED) is 0.594. The summed E-state index contributed by atoms with van der Waals surface area (Å²) in [4.78, 5) is 0. The Bertz CT molecular complexity index is 181. The third-order valence-corrected chi connectivity index (χ3v) is 3.44. The van der Waals surface area contributed by atoms with Crippen LogP contribution in [0.4, 0.5) is 0 Å². The molecule has 1 aliphatic carbocycles. The molecule has 0 spiro atoms. The summed E-state index contributed by atoms with van der Waals surface area (Å²) in [5.74, 6) is 0. The average Bonchev–Trinajstić information content (AvgIpc) is 2.22. The van der Waals surface area contributed by atoms with Crippen LogP contribution < -0.4 is 5.32 Å². The maximum absolute atomic E-state index is 9.65. The minimum Gasteiger partial charge on any atom is -0.389 e. The van der Waals surface area contributed by atoms with Gasteiger partial charge in [-0.3, -0.25) is 0 Å². The van der Waals surface area contributed by atoms with Crippen molar-refractivity contribution in [1.82, 2.24) is 5.32 Å². The Hall–Kier alpha value is -0.120. The van der Waals surface area contributed by atoms with Gasteiger partial charge >= 0.3 is 0 Å². The summed E-state index contributed by atoms with van der Waals surface area (Å²) in [5, 5.41) is 13.0. The molecular weight excluding hydrogens is 202 g/mol. The summed E-state index contributed by atoms with van der Waals surface area (Å²) in [6.07, 6.45) is 5.87. The number of rotatable bonds is 9. The molecule has 0 aromatic heterocycles. The molecule has 16 heavy (non-hydrogen) atoms. The molecule has 0 saturated heterocycles. The van der Waals surface area contributed by atoms with E-state index in [9.17, 15) is 5.11 Å². The lowest BCUT2D eigenvalue weighted by atomic mass is 9.70. The molecule has 1 saturated carbocycles. The van der Waals surface area contributed by atoms with E-state index in [2.05, 4.69) is 19.2 Å². The Morgan fingerprint density at radius 2 is 2.19 bits per heavy atom. The minimum absolute atomic E-state index is 0.361. The third kappa shape index (κ3) is 5.28. The van der Waals surface area contributed by atoms with Crippen molar-refractivity contribution < 1.29 is 9.84 Å². The molecule has 1 rings (SSSR count). The van der Waals surface area contributed by atoms with E-state index in [1.54, 1.807) is 0 Å². The van der Waals surface area contributed by atoms with E-state index in [1.807, 2.05) is 0 Å². The Morgan fingerprint density at radius 1 is 1.44 bits per heavy atom. The van der Waals surface area contributed by atoms with Gasteiger partial charge in [0.25, 0.3) is 0 Å². The van der Waals surface area contributed by atoms with Crippen molar-refractivity contribution >= 4 is 0 Å². The van der Waals surface area contributed by atoms with Gasteiger partial charge in [0.2, 0.25) is 0 Å². The third-order valence-electron chi connectivity index (χ3n) is 3.44. The zero-order valence-electron chi connectivity index (χ0n) is 10.8. The highest BCUT2D eigenvalue weighted by molar-refractivity contribution is 4.85. The first-order chi connectivity index (χ1) is 7.66. The standard InChI is InChI=1S/C13H27NO2/c1-3-4-8-16-10-12(15)9-14-11-13(2)6-5-7-13/h12,14-15H,3-11H2,1-2H3. The molecule has 0 heterocycles. The van der Waals surface area contributed by atoms with Crippen LogP contribution in [0.5, 0.6) is 0 Å². The van der Waals surface area contributed by atoms with Crippen molar-refractivity contribution in [3.05, 3.63) is 0 Å². The molecule has 96 valence electrons. The summed E-state index contributed by atoms with van der Waals surface area (Å²) in [6.45, 7) is 7.37. The fraction of sp³-hybridized carbons (Fsp3) is 1.00. The highest BCUT2D eigenvalue weighted by Gasteiger charge is 2.31. The average molecular weight is 229 g/mol. The van der Waals surface area contributed by atoms with E-state index in [1.165, 1.54) is 19.3 Å². The SMILES string of the molecule is CCCCOCC(O)CNCC1(C)CCC1. The first kappa shape index (κ1) is 13.9. The minimum atomic E-state index is -0.361. The molecular formula is C13H27NO2. The van der Waals surface area contributed by atoms with Gasteiger partial charge in [-0.2, -0.15) is 0 Å². The van der Waals surface area contributed by atoms with Gasteiger partial charge in [-0.05, 0) is 24.7 Å². The second-order valence-corrected chi connectivity index (χ2v) is 5.38. The van der Waals surface area contributed by atoms with Crippen molar-refractivity contribution in [3.63, 3.8) is 0 Å². The Labute approximate surface area is 99.6 Å². The predicted molar refractivity (Wildman–Crippen MR) is 66.6 cm³/mol. The fourth-order valence-electron chi connectivity index (χ4n) is 2.02. The molecule has 3 heteroatoms. The number of unbranched alkanes of at least 4 members (excludes halogenated alkanes) is 1. The van der Waals surface area contributed by atoms with Crippen LogP contribution in [0, 0.1) is 5.41 Å². The highest BCUT2D eigenvalue weighted by atomic mass is 16.5. The molecule has 0 aromatic carbocycles. The smallest absolute Gasteiger partial charge is 0.0897 e.